The van der Waals surface area contributed by atoms with Crippen molar-refractivity contribution in [3.63, 3.8) is 0 Å². The normalized spacial score (nSPS) is 11.4. The largest absolute Gasteiger partial charge is 0.309 e. The molecule has 0 radical (unpaired) electrons. The van der Waals surface area contributed by atoms with Gasteiger partial charge in [0.05, 0.1) is 50.8 Å². The Labute approximate surface area is 335 Å². The van der Waals surface area contributed by atoms with Crippen molar-refractivity contribution in [3.8, 4) is 62.5 Å². The standard InChI is InChI=1S/C53H33N5/c54-34-35-24-28-41(29-25-35)57-46-22-12-10-20-42(46)44-32-39(26-30-48(44)57)40-27-31-49-45(33-40)43-21-11-13-23-47(43)58(49)52-50(36-14-4-1-5-15-36)55-53(38-18-8-3-9-19-38)56-51(52)37-16-6-2-7-17-37/h1-33H. The predicted octanol–water partition coefficient (Wildman–Crippen LogP) is 13.2. The molecule has 0 amide bonds. The minimum absolute atomic E-state index is 0.646. The third-order valence-electron chi connectivity index (χ3n) is 11.2. The summed E-state index contributed by atoms with van der Waals surface area (Å²) in [5, 5.41) is 14.1. The van der Waals surface area contributed by atoms with E-state index in [2.05, 4.69) is 161 Å². The summed E-state index contributed by atoms with van der Waals surface area (Å²) in [5.41, 5.74) is 14.0. The second kappa shape index (κ2) is 13.6. The van der Waals surface area contributed by atoms with Gasteiger partial charge < -0.3 is 9.13 Å². The third kappa shape index (κ3) is 5.39. The van der Waals surface area contributed by atoms with E-state index in [1.54, 1.807) is 0 Å². The van der Waals surface area contributed by atoms with E-state index in [-0.39, 0.29) is 0 Å². The van der Waals surface area contributed by atoms with Gasteiger partial charge in [0.25, 0.3) is 0 Å². The SMILES string of the molecule is N#Cc1ccc(-n2c3ccccc3c3cc(-c4ccc5c(c4)c4ccccc4n5-c4c(-c5ccccc5)nc(-c5ccccc5)nc4-c4ccccc4)ccc32)cc1. The highest BCUT2D eigenvalue weighted by atomic mass is 15.1. The number of benzene rings is 8. The lowest BCUT2D eigenvalue weighted by Gasteiger charge is -2.19. The Balaban J connectivity index is 1.15. The topological polar surface area (TPSA) is 59.4 Å². The maximum Gasteiger partial charge on any atom is 0.160 e. The second-order valence-electron chi connectivity index (χ2n) is 14.5. The number of aromatic nitrogens is 4. The van der Waals surface area contributed by atoms with Crippen LogP contribution in [-0.4, -0.2) is 19.1 Å². The Kier molecular flexibility index (Phi) is 7.80. The van der Waals surface area contributed by atoms with Gasteiger partial charge in [-0.25, -0.2) is 9.97 Å². The molecule has 0 unspecified atom stereocenters. The van der Waals surface area contributed by atoms with Crippen LogP contribution in [0.2, 0.25) is 0 Å². The van der Waals surface area contributed by atoms with Crippen molar-refractivity contribution in [1.29, 1.82) is 5.26 Å². The summed E-state index contributed by atoms with van der Waals surface area (Å²) in [6.45, 7) is 0. The van der Waals surface area contributed by atoms with Gasteiger partial charge in [0.15, 0.2) is 5.82 Å². The quantitative estimate of drug-likeness (QED) is 0.171. The van der Waals surface area contributed by atoms with Gasteiger partial charge in [-0.3, -0.25) is 0 Å². The summed E-state index contributed by atoms with van der Waals surface area (Å²) in [4.78, 5) is 10.7. The Morgan fingerprint density at radius 3 is 1.31 bits per heavy atom. The molecule has 0 bridgehead atoms. The van der Waals surface area contributed by atoms with Crippen LogP contribution in [0.25, 0.3) is 100 Å². The van der Waals surface area contributed by atoms with E-state index in [0.717, 1.165) is 83.4 Å². The Bertz CT molecular complexity index is 3310. The van der Waals surface area contributed by atoms with E-state index in [1.807, 2.05) is 54.6 Å². The summed E-state index contributed by atoms with van der Waals surface area (Å²) in [6, 6.07) is 72.0. The molecular formula is C53H33N5. The molecule has 11 rings (SSSR count). The zero-order valence-electron chi connectivity index (χ0n) is 31.3. The summed E-state index contributed by atoms with van der Waals surface area (Å²) >= 11 is 0. The van der Waals surface area contributed by atoms with Crippen molar-refractivity contribution in [3.05, 3.63) is 206 Å². The van der Waals surface area contributed by atoms with E-state index < -0.39 is 0 Å². The van der Waals surface area contributed by atoms with Crippen molar-refractivity contribution >= 4 is 43.6 Å². The first-order valence-electron chi connectivity index (χ1n) is 19.4. The highest BCUT2D eigenvalue weighted by Gasteiger charge is 2.24. The number of hydrogen-bond acceptors (Lipinski definition) is 3. The Morgan fingerprint density at radius 1 is 0.362 bits per heavy atom. The van der Waals surface area contributed by atoms with Crippen LogP contribution in [-0.2, 0) is 0 Å². The average molecular weight is 740 g/mol. The molecule has 5 nitrogen and oxygen atoms in total. The minimum atomic E-state index is 0.646. The van der Waals surface area contributed by atoms with Crippen LogP contribution in [0.1, 0.15) is 5.56 Å². The fraction of sp³-hybridized carbons (Fsp3) is 0. The van der Waals surface area contributed by atoms with Gasteiger partial charge in [-0.05, 0) is 71.8 Å². The van der Waals surface area contributed by atoms with E-state index >= 15 is 0 Å². The molecule has 0 atom stereocenters. The molecule has 0 fully saturated rings. The van der Waals surface area contributed by atoms with E-state index in [9.17, 15) is 5.26 Å². The number of nitrogens with zero attached hydrogens (tertiary/aromatic N) is 5. The zero-order chi connectivity index (χ0) is 38.6. The monoisotopic (exact) mass is 739 g/mol. The smallest absolute Gasteiger partial charge is 0.160 e. The molecule has 0 aliphatic rings. The van der Waals surface area contributed by atoms with Crippen LogP contribution >= 0.6 is 0 Å². The molecule has 5 heteroatoms. The van der Waals surface area contributed by atoms with Gasteiger partial charge in [-0.1, -0.05) is 140 Å². The third-order valence-corrected chi connectivity index (χ3v) is 11.2. The van der Waals surface area contributed by atoms with Gasteiger partial charge >= 0.3 is 0 Å². The van der Waals surface area contributed by atoms with Gasteiger partial charge in [0.1, 0.15) is 0 Å². The van der Waals surface area contributed by atoms with Crippen molar-refractivity contribution in [2.45, 2.75) is 0 Å². The lowest BCUT2D eigenvalue weighted by atomic mass is 10.0. The molecule has 0 aliphatic carbocycles. The van der Waals surface area contributed by atoms with Crippen LogP contribution in [0.3, 0.4) is 0 Å². The summed E-state index contributed by atoms with van der Waals surface area (Å²) in [7, 11) is 0. The van der Waals surface area contributed by atoms with Crippen molar-refractivity contribution < 1.29 is 0 Å². The number of hydrogen-bond donors (Lipinski definition) is 0. The zero-order valence-corrected chi connectivity index (χ0v) is 31.3. The predicted molar refractivity (Wildman–Crippen MR) is 237 cm³/mol. The van der Waals surface area contributed by atoms with Gasteiger partial charge in [0, 0.05) is 43.9 Å². The number of fused-ring (bicyclic) bond motifs is 6. The lowest BCUT2D eigenvalue weighted by Crippen LogP contribution is -2.06. The van der Waals surface area contributed by atoms with Gasteiger partial charge in [0.2, 0.25) is 0 Å². The van der Waals surface area contributed by atoms with Gasteiger partial charge in [-0.2, -0.15) is 5.26 Å². The molecule has 0 saturated heterocycles. The number of para-hydroxylation sites is 2. The van der Waals surface area contributed by atoms with E-state index in [0.29, 0.717) is 11.4 Å². The molecule has 0 N–H and O–H groups in total. The van der Waals surface area contributed by atoms with Crippen molar-refractivity contribution in [1.82, 2.24) is 19.1 Å². The van der Waals surface area contributed by atoms with Crippen molar-refractivity contribution in [2.24, 2.45) is 0 Å². The molecule has 3 heterocycles. The van der Waals surface area contributed by atoms with Crippen LogP contribution in [0, 0.1) is 11.3 Å². The molecule has 0 aliphatic heterocycles. The maximum absolute atomic E-state index is 9.43. The molecule has 0 saturated carbocycles. The summed E-state index contributed by atoms with van der Waals surface area (Å²) in [5.74, 6) is 0.682. The van der Waals surface area contributed by atoms with Crippen molar-refractivity contribution in [2.75, 3.05) is 0 Å². The minimum Gasteiger partial charge on any atom is -0.309 e. The molecule has 11 aromatic rings. The molecular weight excluding hydrogens is 707 g/mol. The second-order valence-corrected chi connectivity index (χ2v) is 14.5. The molecule has 58 heavy (non-hydrogen) atoms. The first-order chi connectivity index (χ1) is 28.7. The summed E-state index contributed by atoms with van der Waals surface area (Å²) < 4.78 is 4.65. The number of rotatable bonds is 6. The fourth-order valence-corrected chi connectivity index (χ4v) is 8.49. The fourth-order valence-electron chi connectivity index (χ4n) is 8.49. The van der Waals surface area contributed by atoms with E-state index in [1.165, 1.54) is 10.8 Å². The Hall–Kier alpha value is -8.07. The van der Waals surface area contributed by atoms with Gasteiger partial charge in [-0.15, -0.1) is 0 Å². The van der Waals surface area contributed by atoms with Crippen LogP contribution < -0.4 is 0 Å². The first kappa shape index (κ1) is 33.3. The highest BCUT2D eigenvalue weighted by molar-refractivity contribution is 6.13. The molecule has 270 valence electrons. The van der Waals surface area contributed by atoms with E-state index in [4.69, 9.17) is 9.97 Å². The average Bonchev–Trinajstić information content (AvgIpc) is 3.81. The van der Waals surface area contributed by atoms with Crippen LogP contribution in [0.15, 0.2) is 200 Å². The number of nitriles is 1. The maximum atomic E-state index is 9.43. The highest BCUT2D eigenvalue weighted by Crippen LogP contribution is 2.42. The molecule has 8 aromatic carbocycles. The Morgan fingerprint density at radius 2 is 0.793 bits per heavy atom. The van der Waals surface area contributed by atoms with Crippen LogP contribution in [0.4, 0.5) is 0 Å². The summed E-state index contributed by atoms with van der Waals surface area (Å²) in [6.07, 6.45) is 0. The molecule has 3 aromatic heterocycles. The lowest BCUT2D eigenvalue weighted by molar-refractivity contribution is 1.09. The van der Waals surface area contributed by atoms with Crippen LogP contribution in [0.5, 0.6) is 0 Å². The molecule has 0 spiro atoms. The first-order valence-corrected chi connectivity index (χ1v) is 19.4.